The van der Waals surface area contributed by atoms with E-state index in [0.29, 0.717) is 18.1 Å². The van der Waals surface area contributed by atoms with E-state index in [9.17, 15) is 4.79 Å². The van der Waals surface area contributed by atoms with Crippen LogP contribution in [0.15, 0.2) is 21.1 Å². The molecule has 0 aromatic carbocycles. The summed E-state index contributed by atoms with van der Waals surface area (Å²) in [7, 11) is 0. The van der Waals surface area contributed by atoms with Gasteiger partial charge in [-0.2, -0.15) is 4.98 Å². The summed E-state index contributed by atoms with van der Waals surface area (Å²) >= 11 is 0. The molecule has 0 unspecified atom stereocenters. The molecule has 2 heterocycles. The molecule has 2 rings (SSSR count). The Morgan fingerprint density at radius 1 is 1.26 bits per heavy atom. The van der Waals surface area contributed by atoms with Crippen LogP contribution in [0.4, 0.5) is 4.79 Å². The van der Waals surface area contributed by atoms with Crippen LogP contribution >= 0.6 is 0 Å². The van der Waals surface area contributed by atoms with Crippen molar-refractivity contribution in [1.29, 1.82) is 0 Å². The Morgan fingerprint density at radius 3 is 2.52 bits per heavy atom. The predicted octanol–water partition coefficient (Wildman–Crippen LogP) is 3.32. The van der Waals surface area contributed by atoms with Crippen LogP contribution < -0.4 is 5.32 Å². The molecule has 23 heavy (non-hydrogen) atoms. The molecule has 0 fully saturated rings. The van der Waals surface area contributed by atoms with E-state index in [4.69, 9.17) is 13.7 Å². The van der Waals surface area contributed by atoms with Crippen LogP contribution in [-0.2, 0) is 16.7 Å². The summed E-state index contributed by atoms with van der Waals surface area (Å²) in [5, 5.41) is 6.68. The third-order valence-corrected chi connectivity index (χ3v) is 2.96. The van der Waals surface area contributed by atoms with Crippen molar-refractivity contribution in [3.05, 3.63) is 35.4 Å². The molecule has 126 valence electrons. The Morgan fingerprint density at radius 2 is 1.96 bits per heavy atom. The minimum absolute atomic E-state index is 0.377. The summed E-state index contributed by atoms with van der Waals surface area (Å²) < 4.78 is 16.0. The molecule has 1 amide bonds. The summed E-state index contributed by atoms with van der Waals surface area (Å²) in [6, 6.07) is 3.74. The van der Waals surface area contributed by atoms with Crippen molar-refractivity contribution in [3.8, 4) is 0 Å². The number of aryl methyl sites for hydroxylation is 1. The zero-order chi connectivity index (χ0) is 17.3. The summed E-state index contributed by atoms with van der Waals surface area (Å²) in [6.45, 7) is 10.8. The number of hydrogen-bond acceptors (Lipinski definition) is 6. The van der Waals surface area contributed by atoms with Gasteiger partial charge in [0, 0.05) is 0 Å². The molecule has 0 atom stereocenters. The maximum atomic E-state index is 11.9. The number of carbonyl (C=O) groups is 1. The predicted molar refractivity (Wildman–Crippen MR) is 82.9 cm³/mol. The van der Waals surface area contributed by atoms with Crippen molar-refractivity contribution in [3.63, 3.8) is 0 Å². The molecule has 7 heteroatoms. The molecule has 1 N–H and O–H groups in total. The molecular formula is C16H23N3O4. The molecule has 0 aliphatic carbocycles. The van der Waals surface area contributed by atoms with Crippen LogP contribution in [0.25, 0.3) is 0 Å². The minimum atomic E-state index is -0.816. The first-order chi connectivity index (χ1) is 10.5. The Bertz CT molecular complexity index is 680. The van der Waals surface area contributed by atoms with Crippen molar-refractivity contribution in [1.82, 2.24) is 15.5 Å². The van der Waals surface area contributed by atoms with Crippen molar-refractivity contribution < 1.29 is 18.5 Å². The molecule has 2 aromatic rings. The van der Waals surface area contributed by atoms with Gasteiger partial charge in [0.2, 0.25) is 5.89 Å². The Labute approximate surface area is 135 Å². The van der Waals surface area contributed by atoms with Gasteiger partial charge >= 0.3 is 6.09 Å². The molecule has 0 saturated carbocycles. The lowest BCUT2D eigenvalue weighted by atomic mass is 10.1. The number of nitrogens with zero attached hydrogens (tertiary/aromatic N) is 2. The van der Waals surface area contributed by atoms with Gasteiger partial charge < -0.3 is 19.0 Å². The van der Waals surface area contributed by atoms with Crippen LogP contribution in [0, 0.1) is 6.92 Å². The molecule has 0 saturated heterocycles. The van der Waals surface area contributed by atoms with Crippen molar-refractivity contribution in [2.75, 3.05) is 0 Å². The minimum Gasteiger partial charge on any atom is -0.466 e. The van der Waals surface area contributed by atoms with E-state index >= 15 is 0 Å². The highest BCUT2D eigenvalue weighted by atomic mass is 16.6. The number of alkyl carbamates (subject to hydrolysis) is 1. The van der Waals surface area contributed by atoms with E-state index < -0.39 is 17.2 Å². The second-order valence-corrected chi connectivity index (χ2v) is 6.95. The van der Waals surface area contributed by atoms with Gasteiger partial charge in [-0.1, -0.05) is 5.16 Å². The molecule has 0 spiro atoms. The van der Waals surface area contributed by atoms with E-state index in [2.05, 4.69) is 15.5 Å². The second-order valence-electron chi connectivity index (χ2n) is 6.95. The average molecular weight is 321 g/mol. The molecule has 0 radical (unpaired) electrons. The first-order valence-electron chi connectivity index (χ1n) is 7.45. The quantitative estimate of drug-likeness (QED) is 0.929. The highest BCUT2D eigenvalue weighted by Crippen LogP contribution is 2.19. The van der Waals surface area contributed by atoms with Crippen molar-refractivity contribution in [2.24, 2.45) is 0 Å². The lowest BCUT2D eigenvalue weighted by Gasteiger charge is -2.26. The fourth-order valence-electron chi connectivity index (χ4n) is 1.92. The molecular weight excluding hydrogens is 298 g/mol. The summed E-state index contributed by atoms with van der Waals surface area (Å²) in [6.07, 6.45) is -0.126. The van der Waals surface area contributed by atoms with Crippen LogP contribution in [-0.4, -0.2) is 21.8 Å². The van der Waals surface area contributed by atoms with Gasteiger partial charge in [0.05, 0.1) is 6.42 Å². The monoisotopic (exact) mass is 321 g/mol. The summed E-state index contributed by atoms with van der Waals surface area (Å²) in [5.74, 6) is 2.37. The van der Waals surface area contributed by atoms with Crippen LogP contribution in [0.1, 0.15) is 57.9 Å². The standard InChI is InChI=1S/C16H23N3O4/c1-10-7-8-11(21-10)9-12-17-13(19-23-12)16(5,6)18-14(20)22-15(2,3)4/h7-8H,9H2,1-6H3,(H,18,20). The zero-order valence-electron chi connectivity index (χ0n) is 14.4. The number of rotatable bonds is 4. The van der Waals surface area contributed by atoms with Gasteiger partial charge in [-0.15, -0.1) is 0 Å². The van der Waals surface area contributed by atoms with Gasteiger partial charge in [-0.3, -0.25) is 0 Å². The molecule has 2 aromatic heterocycles. The first kappa shape index (κ1) is 17.1. The van der Waals surface area contributed by atoms with E-state index in [0.717, 1.165) is 11.5 Å². The largest absolute Gasteiger partial charge is 0.466 e. The smallest absolute Gasteiger partial charge is 0.408 e. The summed E-state index contributed by atoms with van der Waals surface area (Å²) in [4.78, 5) is 16.2. The Kier molecular flexibility index (Phi) is 4.49. The van der Waals surface area contributed by atoms with E-state index in [1.807, 2.05) is 19.1 Å². The van der Waals surface area contributed by atoms with Crippen LogP contribution in [0.5, 0.6) is 0 Å². The lowest BCUT2D eigenvalue weighted by Crippen LogP contribution is -2.44. The van der Waals surface area contributed by atoms with E-state index in [1.54, 1.807) is 34.6 Å². The number of furan rings is 1. The van der Waals surface area contributed by atoms with Gasteiger partial charge in [0.1, 0.15) is 22.7 Å². The first-order valence-corrected chi connectivity index (χ1v) is 7.45. The molecule has 0 aliphatic heterocycles. The number of aromatic nitrogens is 2. The highest BCUT2D eigenvalue weighted by molar-refractivity contribution is 5.68. The van der Waals surface area contributed by atoms with Gasteiger partial charge in [-0.25, -0.2) is 4.79 Å². The topological polar surface area (TPSA) is 90.4 Å². The summed E-state index contributed by atoms with van der Waals surface area (Å²) in [5.41, 5.74) is -1.39. The van der Waals surface area contributed by atoms with E-state index in [-0.39, 0.29) is 0 Å². The number of amides is 1. The molecule has 0 aliphatic rings. The van der Waals surface area contributed by atoms with Crippen molar-refractivity contribution in [2.45, 2.75) is 59.1 Å². The average Bonchev–Trinajstić information content (AvgIpc) is 2.96. The normalized spacial score (nSPS) is 12.3. The third kappa shape index (κ3) is 4.84. The fraction of sp³-hybridized carbons (Fsp3) is 0.562. The number of hydrogen-bond donors (Lipinski definition) is 1. The van der Waals surface area contributed by atoms with Crippen LogP contribution in [0.2, 0.25) is 0 Å². The second kappa shape index (κ2) is 6.06. The van der Waals surface area contributed by atoms with Crippen molar-refractivity contribution >= 4 is 6.09 Å². The van der Waals surface area contributed by atoms with Gasteiger partial charge in [0.15, 0.2) is 5.82 Å². The van der Waals surface area contributed by atoms with E-state index in [1.165, 1.54) is 0 Å². The fourth-order valence-corrected chi connectivity index (χ4v) is 1.92. The van der Waals surface area contributed by atoms with Gasteiger partial charge in [-0.05, 0) is 53.7 Å². The zero-order valence-corrected chi connectivity index (χ0v) is 14.4. The van der Waals surface area contributed by atoms with Gasteiger partial charge in [0.25, 0.3) is 0 Å². The Balaban J connectivity index is 2.04. The molecule has 0 bridgehead atoms. The highest BCUT2D eigenvalue weighted by Gasteiger charge is 2.31. The number of nitrogens with one attached hydrogen (secondary N) is 1. The SMILES string of the molecule is Cc1ccc(Cc2nc(C(C)(C)NC(=O)OC(C)(C)C)no2)o1. The lowest BCUT2D eigenvalue weighted by molar-refractivity contribution is 0.0465. The molecule has 7 nitrogen and oxygen atoms in total. The number of carbonyl (C=O) groups excluding carboxylic acids is 1. The number of ether oxygens (including phenoxy) is 1. The van der Waals surface area contributed by atoms with Crippen LogP contribution in [0.3, 0.4) is 0 Å². The maximum Gasteiger partial charge on any atom is 0.408 e. The third-order valence-electron chi connectivity index (χ3n) is 2.96. The maximum absolute atomic E-state index is 11.9. The Hall–Kier alpha value is -2.31.